The highest BCUT2D eigenvalue weighted by Crippen LogP contribution is 2.35. The molecule has 184 valence electrons. The molecule has 0 bridgehead atoms. The Hall–Kier alpha value is -2.33. The van der Waals surface area contributed by atoms with E-state index in [2.05, 4.69) is 13.8 Å². The zero-order valence-electron chi connectivity index (χ0n) is 20.8. The lowest BCUT2D eigenvalue weighted by Gasteiger charge is -2.36. The predicted octanol–water partition coefficient (Wildman–Crippen LogP) is 7.03. The first kappa shape index (κ1) is 26.3. The van der Waals surface area contributed by atoms with Gasteiger partial charge in [-0.05, 0) is 42.5 Å². The monoisotopic (exact) mass is 482 g/mol. The Morgan fingerprint density at radius 2 is 1.59 bits per heavy atom. The Bertz CT molecular complexity index is 919. The van der Waals surface area contributed by atoms with E-state index in [1.165, 1.54) is 25.7 Å². The molecule has 0 N–H and O–H groups in total. The molecule has 0 aliphatic carbocycles. The second-order valence-electron chi connectivity index (χ2n) is 9.39. The number of carbonyl (C=O) groups is 2. The van der Waals surface area contributed by atoms with E-state index in [4.69, 9.17) is 11.6 Å². The third kappa shape index (κ3) is 7.09. The van der Waals surface area contributed by atoms with Crippen molar-refractivity contribution in [3.8, 4) is 0 Å². The number of amides is 2. The molecular formula is C29H39ClN2O2. The zero-order valence-corrected chi connectivity index (χ0v) is 21.5. The van der Waals surface area contributed by atoms with Gasteiger partial charge >= 0.3 is 0 Å². The highest BCUT2D eigenvalue weighted by molar-refractivity contribution is 6.31. The van der Waals surface area contributed by atoms with E-state index in [0.29, 0.717) is 18.0 Å². The van der Waals surface area contributed by atoms with E-state index in [9.17, 15) is 9.59 Å². The fourth-order valence-electron chi connectivity index (χ4n) is 4.71. The minimum Gasteiger partial charge on any atom is -0.342 e. The van der Waals surface area contributed by atoms with Crippen LogP contribution in [0.5, 0.6) is 0 Å². The molecule has 1 atom stereocenters. The Kier molecular flexibility index (Phi) is 10.5. The van der Waals surface area contributed by atoms with Crippen molar-refractivity contribution in [2.75, 3.05) is 18.0 Å². The molecule has 2 aromatic carbocycles. The molecule has 0 aromatic heterocycles. The van der Waals surface area contributed by atoms with E-state index in [1.807, 2.05) is 53.4 Å². The topological polar surface area (TPSA) is 40.6 Å². The summed E-state index contributed by atoms with van der Waals surface area (Å²) in [5.41, 5.74) is 2.86. The number of anilines is 1. The van der Waals surface area contributed by atoms with E-state index in [-0.39, 0.29) is 11.8 Å². The summed E-state index contributed by atoms with van der Waals surface area (Å²) in [6, 6.07) is 15.6. The molecule has 0 spiro atoms. The smallest absolute Gasteiger partial charge is 0.240 e. The maximum Gasteiger partial charge on any atom is 0.240 e. The van der Waals surface area contributed by atoms with Crippen LogP contribution in [0.1, 0.15) is 76.3 Å². The standard InChI is InChI=1S/C29H39ClN2O2/c1-3-5-7-12-18-31(19-13-8-6-4-2)28(33)26-20-24-16-17-25(30)21-27(24)32(29(26)34)22-23-14-10-9-11-15-23/h9-11,14-17,21,26H,3-8,12-13,18-20,22H2,1-2H3. The zero-order chi connectivity index (χ0) is 24.3. The number of halogens is 1. The van der Waals surface area contributed by atoms with Crippen molar-refractivity contribution in [3.63, 3.8) is 0 Å². The van der Waals surface area contributed by atoms with Gasteiger partial charge in [-0.2, -0.15) is 0 Å². The number of unbranched alkanes of at least 4 members (excludes halogenated alkanes) is 6. The molecule has 0 saturated carbocycles. The molecule has 1 heterocycles. The van der Waals surface area contributed by atoms with Gasteiger partial charge in [0.25, 0.3) is 0 Å². The highest BCUT2D eigenvalue weighted by Gasteiger charge is 2.39. The van der Waals surface area contributed by atoms with Crippen LogP contribution >= 0.6 is 11.6 Å². The fourth-order valence-corrected chi connectivity index (χ4v) is 4.87. The molecule has 34 heavy (non-hydrogen) atoms. The fraction of sp³-hybridized carbons (Fsp3) is 0.517. The van der Waals surface area contributed by atoms with Gasteiger partial charge in [0.1, 0.15) is 5.92 Å². The lowest BCUT2D eigenvalue weighted by Crippen LogP contribution is -2.49. The molecule has 0 fully saturated rings. The van der Waals surface area contributed by atoms with Crippen molar-refractivity contribution in [1.82, 2.24) is 4.90 Å². The van der Waals surface area contributed by atoms with Crippen molar-refractivity contribution >= 4 is 29.1 Å². The van der Waals surface area contributed by atoms with Gasteiger partial charge in [-0.3, -0.25) is 9.59 Å². The highest BCUT2D eigenvalue weighted by atomic mass is 35.5. The summed E-state index contributed by atoms with van der Waals surface area (Å²) in [7, 11) is 0. The van der Waals surface area contributed by atoms with Crippen LogP contribution in [-0.2, 0) is 22.6 Å². The van der Waals surface area contributed by atoms with Gasteiger partial charge in [-0.25, -0.2) is 0 Å². The van der Waals surface area contributed by atoms with Gasteiger partial charge in [0.05, 0.1) is 6.54 Å². The first-order valence-corrected chi connectivity index (χ1v) is 13.4. The number of hydrogen-bond acceptors (Lipinski definition) is 2. The predicted molar refractivity (Wildman–Crippen MR) is 141 cm³/mol. The van der Waals surface area contributed by atoms with Crippen LogP contribution in [0.3, 0.4) is 0 Å². The number of hydrogen-bond donors (Lipinski definition) is 0. The van der Waals surface area contributed by atoms with Crippen LogP contribution < -0.4 is 4.90 Å². The summed E-state index contributed by atoms with van der Waals surface area (Å²) in [6.45, 7) is 6.30. The molecule has 2 aromatic rings. The van der Waals surface area contributed by atoms with Gasteiger partial charge in [0.15, 0.2) is 0 Å². The Balaban J connectivity index is 1.82. The molecule has 3 rings (SSSR count). The van der Waals surface area contributed by atoms with Crippen LogP contribution in [-0.4, -0.2) is 29.8 Å². The first-order chi connectivity index (χ1) is 16.5. The van der Waals surface area contributed by atoms with Crippen LogP contribution in [0.4, 0.5) is 5.69 Å². The second kappa shape index (κ2) is 13.5. The Morgan fingerprint density at radius 3 is 2.21 bits per heavy atom. The van der Waals surface area contributed by atoms with Crippen molar-refractivity contribution in [3.05, 3.63) is 64.7 Å². The van der Waals surface area contributed by atoms with Gasteiger partial charge in [-0.15, -0.1) is 0 Å². The molecule has 2 amide bonds. The third-order valence-electron chi connectivity index (χ3n) is 6.68. The van der Waals surface area contributed by atoms with Crippen LogP contribution in [0.15, 0.2) is 48.5 Å². The molecule has 1 aliphatic rings. The molecule has 0 radical (unpaired) electrons. The van der Waals surface area contributed by atoms with Gasteiger partial charge in [-0.1, -0.05) is 100 Å². The third-order valence-corrected chi connectivity index (χ3v) is 6.92. The Morgan fingerprint density at radius 1 is 0.941 bits per heavy atom. The summed E-state index contributed by atoms with van der Waals surface area (Å²) in [5, 5.41) is 0.600. The summed E-state index contributed by atoms with van der Waals surface area (Å²) in [4.78, 5) is 31.2. The number of carbonyl (C=O) groups excluding carboxylic acids is 2. The largest absolute Gasteiger partial charge is 0.342 e. The SMILES string of the molecule is CCCCCCN(CCCCCC)C(=O)C1Cc2ccc(Cl)cc2N(Cc2ccccc2)C1=O. The molecule has 1 aliphatic heterocycles. The lowest BCUT2D eigenvalue weighted by atomic mass is 9.90. The van der Waals surface area contributed by atoms with Crippen LogP contribution in [0.2, 0.25) is 5.02 Å². The quantitative estimate of drug-likeness (QED) is 0.227. The number of nitrogens with zero attached hydrogens (tertiary/aromatic N) is 2. The first-order valence-electron chi connectivity index (χ1n) is 13.0. The molecule has 1 unspecified atom stereocenters. The summed E-state index contributed by atoms with van der Waals surface area (Å²) in [6.07, 6.45) is 9.36. The lowest BCUT2D eigenvalue weighted by molar-refractivity contribution is -0.141. The molecule has 5 heteroatoms. The summed E-state index contributed by atoms with van der Waals surface area (Å²) in [5.74, 6) is -0.804. The normalized spacial score (nSPS) is 15.3. The minimum atomic E-state index is -0.672. The van der Waals surface area contributed by atoms with E-state index >= 15 is 0 Å². The van der Waals surface area contributed by atoms with E-state index < -0.39 is 5.92 Å². The average Bonchev–Trinajstić information content (AvgIpc) is 2.85. The van der Waals surface area contributed by atoms with Gasteiger partial charge in [0, 0.05) is 23.8 Å². The summed E-state index contributed by atoms with van der Waals surface area (Å²) < 4.78 is 0. The number of benzene rings is 2. The molecule has 4 nitrogen and oxygen atoms in total. The maximum atomic E-state index is 13.8. The van der Waals surface area contributed by atoms with Crippen molar-refractivity contribution in [2.45, 2.75) is 78.2 Å². The maximum absolute atomic E-state index is 13.8. The van der Waals surface area contributed by atoms with E-state index in [0.717, 1.165) is 55.6 Å². The van der Waals surface area contributed by atoms with Crippen molar-refractivity contribution in [1.29, 1.82) is 0 Å². The van der Waals surface area contributed by atoms with Crippen LogP contribution in [0.25, 0.3) is 0 Å². The van der Waals surface area contributed by atoms with Gasteiger partial charge in [0.2, 0.25) is 11.8 Å². The average molecular weight is 483 g/mol. The van der Waals surface area contributed by atoms with Gasteiger partial charge < -0.3 is 9.80 Å². The molecular weight excluding hydrogens is 444 g/mol. The second-order valence-corrected chi connectivity index (χ2v) is 9.82. The number of rotatable bonds is 13. The van der Waals surface area contributed by atoms with Crippen molar-refractivity contribution in [2.24, 2.45) is 5.92 Å². The van der Waals surface area contributed by atoms with Crippen molar-refractivity contribution < 1.29 is 9.59 Å². The van der Waals surface area contributed by atoms with Crippen LogP contribution in [0, 0.1) is 5.92 Å². The molecule has 0 saturated heterocycles. The summed E-state index contributed by atoms with van der Waals surface area (Å²) >= 11 is 6.29. The number of fused-ring (bicyclic) bond motifs is 1. The Labute approximate surface area is 210 Å². The van der Waals surface area contributed by atoms with E-state index in [1.54, 1.807) is 4.90 Å². The minimum absolute atomic E-state index is 0.0170.